The Morgan fingerprint density at radius 3 is 2.79 bits per heavy atom. The monoisotopic (exact) mass is 358 g/mol. The summed E-state index contributed by atoms with van der Waals surface area (Å²) in [4.78, 5) is 0. The predicted molar refractivity (Wildman–Crippen MR) is 83.4 cm³/mol. The topological polar surface area (TPSA) is 30.9 Å². The van der Waals surface area contributed by atoms with Crippen LogP contribution in [0.1, 0.15) is 30.1 Å². The van der Waals surface area contributed by atoms with Gasteiger partial charge >= 0.3 is 0 Å². The van der Waals surface area contributed by atoms with Gasteiger partial charge in [0, 0.05) is 22.4 Å². The molecule has 5 heteroatoms. The van der Waals surface area contributed by atoms with Crippen LogP contribution >= 0.6 is 39.1 Å². The highest BCUT2D eigenvalue weighted by Crippen LogP contribution is 2.37. The highest BCUT2D eigenvalue weighted by Gasteiger charge is 2.22. The van der Waals surface area contributed by atoms with Crippen LogP contribution in [0.3, 0.4) is 0 Å². The lowest BCUT2D eigenvalue weighted by molar-refractivity contribution is 0.560. The van der Waals surface area contributed by atoms with E-state index in [1.54, 1.807) is 0 Å². The molecule has 3 rings (SSSR count). The zero-order valence-electron chi connectivity index (χ0n) is 10.2. The molecule has 0 amide bonds. The van der Waals surface area contributed by atoms with E-state index in [-0.39, 0.29) is 6.04 Å². The summed E-state index contributed by atoms with van der Waals surface area (Å²) in [5.41, 5.74) is 9.53. The average molecular weight is 360 g/mol. The van der Waals surface area contributed by atoms with Crippen LogP contribution in [-0.4, -0.2) is 4.57 Å². The molecule has 1 aromatic carbocycles. The Labute approximate surface area is 130 Å². The molecule has 0 spiro atoms. The van der Waals surface area contributed by atoms with E-state index in [1.165, 1.54) is 11.3 Å². The first-order valence-electron chi connectivity index (χ1n) is 6.19. The van der Waals surface area contributed by atoms with Gasteiger partial charge in [0.05, 0.1) is 15.7 Å². The summed E-state index contributed by atoms with van der Waals surface area (Å²) < 4.78 is 2.91. The second-order valence-corrected chi connectivity index (χ2v) is 6.39. The Morgan fingerprint density at radius 1 is 1.21 bits per heavy atom. The third-order valence-corrected chi connectivity index (χ3v) is 5.39. The smallest absolute Gasteiger partial charge is 0.0844 e. The fourth-order valence-electron chi connectivity index (χ4n) is 2.65. The molecule has 0 bridgehead atoms. The zero-order valence-corrected chi connectivity index (χ0v) is 13.3. The number of nitrogens with zero attached hydrogens (tertiary/aromatic N) is 1. The maximum atomic E-state index is 6.35. The van der Waals surface area contributed by atoms with Crippen molar-refractivity contribution < 1.29 is 0 Å². The molecule has 0 aliphatic heterocycles. The molecule has 0 fully saturated rings. The van der Waals surface area contributed by atoms with Crippen molar-refractivity contribution in [1.29, 1.82) is 0 Å². The summed E-state index contributed by atoms with van der Waals surface area (Å²) in [5, 5.41) is 1.11. The van der Waals surface area contributed by atoms with E-state index in [4.69, 9.17) is 28.9 Å². The van der Waals surface area contributed by atoms with Gasteiger partial charge in [-0.1, -0.05) is 23.2 Å². The Kier molecular flexibility index (Phi) is 3.65. The lowest BCUT2D eigenvalue weighted by atomic mass is 9.93. The summed E-state index contributed by atoms with van der Waals surface area (Å²) in [5.74, 6) is 0. The predicted octanol–water partition coefficient (Wildman–Crippen LogP) is 4.88. The third-order valence-electron chi connectivity index (χ3n) is 3.63. The molecule has 0 saturated carbocycles. The van der Waals surface area contributed by atoms with Crippen LogP contribution in [0.15, 0.2) is 28.9 Å². The summed E-state index contributed by atoms with van der Waals surface area (Å²) in [6.45, 7) is 0. The molecule has 0 radical (unpaired) electrons. The molecule has 19 heavy (non-hydrogen) atoms. The van der Waals surface area contributed by atoms with Crippen molar-refractivity contribution in [3.63, 3.8) is 0 Å². The molecule has 1 heterocycles. The van der Waals surface area contributed by atoms with Gasteiger partial charge in [-0.15, -0.1) is 0 Å². The lowest BCUT2D eigenvalue weighted by Gasteiger charge is -2.21. The number of hydrogen-bond donors (Lipinski definition) is 1. The first-order valence-corrected chi connectivity index (χ1v) is 7.74. The Balaban J connectivity index is 2.16. The van der Waals surface area contributed by atoms with E-state index >= 15 is 0 Å². The summed E-state index contributed by atoms with van der Waals surface area (Å²) >= 11 is 15.9. The van der Waals surface area contributed by atoms with Gasteiger partial charge < -0.3 is 10.3 Å². The molecular weight excluding hydrogens is 347 g/mol. The van der Waals surface area contributed by atoms with Crippen LogP contribution in [-0.2, 0) is 6.42 Å². The van der Waals surface area contributed by atoms with E-state index in [0.717, 1.165) is 29.4 Å². The van der Waals surface area contributed by atoms with Gasteiger partial charge in [0.15, 0.2) is 0 Å². The molecule has 0 saturated heterocycles. The number of hydrogen-bond acceptors (Lipinski definition) is 1. The number of benzene rings is 1. The van der Waals surface area contributed by atoms with E-state index in [1.807, 2.05) is 18.3 Å². The molecule has 1 unspecified atom stereocenters. The molecule has 1 aromatic heterocycles. The largest absolute Gasteiger partial charge is 0.324 e. The number of nitrogens with two attached hydrogens (primary N) is 1. The van der Waals surface area contributed by atoms with Crippen LogP contribution in [0.5, 0.6) is 0 Å². The number of aromatic nitrogens is 1. The van der Waals surface area contributed by atoms with Gasteiger partial charge in [0.2, 0.25) is 0 Å². The molecule has 2 N–H and O–H groups in total. The summed E-state index contributed by atoms with van der Waals surface area (Å²) in [6.07, 6.45) is 5.22. The van der Waals surface area contributed by atoms with Crippen molar-refractivity contribution in [3.8, 4) is 5.69 Å². The van der Waals surface area contributed by atoms with Crippen LogP contribution in [0, 0.1) is 0 Å². The van der Waals surface area contributed by atoms with Crippen LogP contribution in [0.4, 0.5) is 0 Å². The highest BCUT2D eigenvalue weighted by molar-refractivity contribution is 9.10. The van der Waals surface area contributed by atoms with Crippen molar-refractivity contribution in [1.82, 2.24) is 4.57 Å². The first kappa shape index (κ1) is 13.5. The van der Waals surface area contributed by atoms with Gasteiger partial charge in [0.1, 0.15) is 0 Å². The minimum Gasteiger partial charge on any atom is -0.324 e. The van der Waals surface area contributed by atoms with E-state index < -0.39 is 0 Å². The van der Waals surface area contributed by atoms with Crippen LogP contribution in [0.25, 0.3) is 5.69 Å². The maximum absolute atomic E-state index is 6.35. The molecular formula is C14H13BrCl2N2. The third kappa shape index (κ3) is 2.23. The van der Waals surface area contributed by atoms with E-state index in [2.05, 4.69) is 26.6 Å². The Morgan fingerprint density at radius 2 is 2.00 bits per heavy atom. The van der Waals surface area contributed by atoms with E-state index in [9.17, 15) is 0 Å². The van der Waals surface area contributed by atoms with Gasteiger partial charge in [-0.2, -0.15) is 0 Å². The van der Waals surface area contributed by atoms with Crippen molar-refractivity contribution in [2.24, 2.45) is 5.73 Å². The minimum atomic E-state index is 0.134. The Bertz CT molecular complexity index is 637. The lowest BCUT2D eigenvalue weighted by Crippen LogP contribution is -2.17. The van der Waals surface area contributed by atoms with Crippen LogP contribution in [0.2, 0.25) is 10.0 Å². The fourth-order valence-corrected chi connectivity index (χ4v) is 3.52. The van der Waals surface area contributed by atoms with Crippen molar-refractivity contribution >= 4 is 39.1 Å². The normalized spacial score (nSPS) is 18.4. The Hall–Kier alpha value is -0.480. The van der Waals surface area contributed by atoms with Crippen molar-refractivity contribution in [3.05, 3.63) is 50.2 Å². The maximum Gasteiger partial charge on any atom is 0.0844 e. The quantitative estimate of drug-likeness (QED) is 0.722. The highest BCUT2D eigenvalue weighted by atomic mass is 79.9. The molecule has 1 aliphatic carbocycles. The zero-order chi connectivity index (χ0) is 13.6. The average Bonchev–Trinajstić information content (AvgIpc) is 2.82. The summed E-state index contributed by atoms with van der Waals surface area (Å²) in [6, 6.07) is 6.11. The second-order valence-electron chi connectivity index (χ2n) is 4.78. The van der Waals surface area contributed by atoms with Gasteiger partial charge in [0.25, 0.3) is 0 Å². The fraction of sp³-hybridized carbons (Fsp3) is 0.286. The van der Waals surface area contributed by atoms with E-state index in [0.29, 0.717) is 10.0 Å². The number of fused-ring (bicyclic) bond motifs is 1. The molecule has 100 valence electrons. The minimum absolute atomic E-state index is 0.134. The first-order chi connectivity index (χ1) is 9.09. The summed E-state index contributed by atoms with van der Waals surface area (Å²) in [7, 11) is 0. The van der Waals surface area contributed by atoms with Gasteiger partial charge in [-0.05, 0) is 59.0 Å². The molecule has 1 atom stereocenters. The van der Waals surface area contributed by atoms with Crippen LogP contribution < -0.4 is 5.73 Å². The second kappa shape index (κ2) is 5.13. The molecule has 1 aliphatic rings. The number of rotatable bonds is 1. The molecule has 2 aromatic rings. The van der Waals surface area contributed by atoms with Crippen molar-refractivity contribution in [2.45, 2.75) is 25.3 Å². The van der Waals surface area contributed by atoms with Gasteiger partial charge in [-0.3, -0.25) is 0 Å². The molecule has 2 nitrogen and oxygen atoms in total. The number of halogens is 3. The van der Waals surface area contributed by atoms with Crippen molar-refractivity contribution in [2.75, 3.05) is 0 Å². The SMILES string of the molecule is NC1CCCc2c1ccn2-c1ccc(Br)c(Cl)c1Cl. The standard InChI is InChI=1S/C14H13BrCl2N2/c15-9-4-5-12(14(17)13(9)16)19-7-6-8-10(18)2-1-3-11(8)19/h4-7,10H,1-3,18H2. The van der Waals surface area contributed by atoms with Gasteiger partial charge in [-0.25, -0.2) is 0 Å².